The third-order valence-electron chi connectivity index (χ3n) is 2.04. The van der Waals surface area contributed by atoms with Gasteiger partial charge in [0.25, 0.3) is 0 Å². The predicted molar refractivity (Wildman–Crippen MR) is 60.3 cm³/mol. The van der Waals surface area contributed by atoms with Gasteiger partial charge in [-0.05, 0) is 24.4 Å². The number of hydrogen-bond acceptors (Lipinski definition) is 3. The van der Waals surface area contributed by atoms with E-state index >= 15 is 0 Å². The van der Waals surface area contributed by atoms with Gasteiger partial charge in [-0.25, -0.2) is 0 Å². The highest BCUT2D eigenvalue weighted by atomic mass is 32.1. The molecule has 3 heteroatoms. The second kappa shape index (κ2) is 3.58. The smallest absolute Gasteiger partial charge is 0.123 e. The van der Waals surface area contributed by atoms with E-state index in [9.17, 15) is 5.11 Å². The van der Waals surface area contributed by atoms with Crippen LogP contribution in [-0.4, -0.2) is 10.3 Å². The summed E-state index contributed by atoms with van der Waals surface area (Å²) in [7, 11) is 0. The van der Waals surface area contributed by atoms with Crippen molar-refractivity contribution in [3.63, 3.8) is 0 Å². The first-order valence-electron chi connectivity index (χ1n) is 4.11. The molecule has 2 aromatic rings. The van der Waals surface area contributed by atoms with Crippen LogP contribution in [0.1, 0.15) is 0 Å². The van der Waals surface area contributed by atoms with Crippen LogP contribution in [-0.2, 0) is 0 Å². The van der Waals surface area contributed by atoms with Gasteiger partial charge in [0, 0.05) is 10.8 Å². The van der Waals surface area contributed by atoms with Crippen molar-refractivity contribution in [3.8, 4) is 5.75 Å². The van der Waals surface area contributed by atoms with Crippen molar-refractivity contribution in [3.05, 3.63) is 36.4 Å². The lowest BCUT2D eigenvalue weighted by molar-refractivity contribution is 0.481. The van der Waals surface area contributed by atoms with Crippen molar-refractivity contribution in [2.75, 3.05) is 0 Å². The summed E-state index contributed by atoms with van der Waals surface area (Å²) in [4.78, 5) is 3.93. The average molecular weight is 201 g/mol. The maximum atomic E-state index is 9.58. The molecule has 68 valence electrons. The Morgan fingerprint density at radius 1 is 1.07 bits per heavy atom. The van der Waals surface area contributed by atoms with E-state index in [-0.39, 0.29) is 5.75 Å². The van der Waals surface area contributed by atoms with E-state index in [0.717, 1.165) is 16.5 Å². The number of thiocarbonyl (C=S) groups is 1. The summed E-state index contributed by atoms with van der Waals surface area (Å²) < 4.78 is 0. The predicted octanol–water partition coefficient (Wildman–Crippen LogP) is 3.28. The monoisotopic (exact) mass is 201 g/mol. The quantitative estimate of drug-likeness (QED) is 0.567. The number of phenols is 1. The molecule has 0 heterocycles. The van der Waals surface area contributed by atoms with Gasteiger partial charge < -0.3 is 5.11 Å². The molecule has 14 heavy (non-hydrogen) atoms. The number of phenolic OH excluding ortho intramolecular Hbond substituents is 1. The summed E-state index contributed by atoms with van der Waals surface area (Å²) in [5.74, 6) is 0.254. The van der Waals surface area contributed by atoms with Crippen molar-refractivity contribution in [1.82, 2.24) is 0 Å². The summed E-state index contributed by atoms with van der Waals surface area (Å²) >= 11 is 4.55. The largest absolute Gasteiger partial charge is 0.507 e. The molecule has 0 aliphatic carbocycles. The molecule has 0 aliphatic rings. The molecule has 1 N–H and O–H groups in total. The van der Waals surface area contributed by atoms with Gasteiger partial charge in [-0.1, -0.05) is 24.3 Å². The first-order chi connectivity index (χ1) is 6.83. The third kappa shape index (κ3) is 1.39. The molecule has 0 amide bonds. The Kier molecular flexibility index (Phi) is 2.27. The van der Waals surface area contributed by atoms with Crippen molar-refractivity contribution < 1.29 is 5.11 Å². The minimum Gasteiger partial charge on any atom is -0.507 e. The van der Waals surface area contributed by atoms with Crippen molar-refractivity contribution >= 4 is 33.8 Å². The fourth-order valence-corrected chi connectivity index (χ4v) is 1.52. The highest BCUT2D eigenvalue weighted by Crippen LogP contribution is 2.30. The first-order valence-corrected chi connectivity index (χ1v) is 4.52. The zero-order chi connectivity index (χ0) is 9.97. The number of rotatable bonds is 1. The molecule has 2 aromatic carbocycles. The van der Waals surface area contributed by atoms with E-state index in [0.29, 0.717) is 0 Å². The van der Waals surface area contributed by atoms with E-state index in [4.69, 9.17) is 0 Å². The van der Waals surface area contributed by atoms with E-state index < -0.39 is 0 Å². The van der Waals surface area contributed by atoms with Gasteiger partial charge in [0.2, 0.25) is 0 Å². The lowest BCUT2D eigenvalue weighted by Gasteiger charge is -2.01. The standard InChI is InChI=1S/C11H7NOS/c13-11-6-2-3-8-9(11)4-1-5-10(8)12-7-14/h1-6,13H. The number of aromatic hydroxyl groups is 1. The van der Waals surface area contributed by atoms with E-state index in [2.05, 4.69) is 22.4 Å². The minimum atomic E-state index is 0.254. The van der Waals surface area contributed by atoms with Gasteiger partial charge in [0.05, 0.1) is 10.8 Å². The van der Waals surface area contributed by atoms with Crippen molar-refractivity contribution in [1.29, 1.82) is 0 Å². The highest BCUT2D eigenvalue weighted by Gasteiger charge is 2.01. The van der Waals surface area contributed by atoms with Gasteiger partial charge >= 0.3 is 0 Å². The van der Waals surface area contributed by atoms with Crippen molar-refractivity contribution in [2.45, 2.75) is 0 Å². The Balaban J connectivity index is 2.87. The third-order valence-corrected chi connectivity index (χ3v) is 2.13. The lowest BCUT2D eigenvalue weighted by atomic mass is 10.1. The number of benzene rings is 2. The van der Waals surface area contributed by atoms with Crippen LogP contribution in [0, 0.1) is 0 Å². The molecule has 0 bridgehead atoms. The Bertz CT molecular complexity index is 530. The molecular weight excluding hydrogens is 194 g/mol. The molecule has 2 nitrogen and oxygen atoms in total. The Labute approximate surface area is 86.5 Å². The van der Waals surface area contributed by atoms with Crippen LogP contribution in [0.4, 0.5) is 5.69 Å². The van der Waals surface area contributed by atoms with Crippen LogP contribution in [0.5, 0.6) is 5.75 Å². The van der Waals surface area contributed by atoms with Crippen LogP contribution in [0.25, 0.3) is 10.8 Å². The number of hydrogen-bond donors (Lipinski definition) is 1. The molecule has 0 saturated carbocycles. The SMILES string of the molecule is Oc1cccc2c(N=C=S)cccc12. The molecule has 0 aliphatic heterocycles. The molecule has 0 saturated heterocycles. The molecule has 0 radical (unpaired) electrons. The summed E-state index contributed by atoms with van der Waals surface area (Å²) in [5.41, 5.74) is 0.730. The van der Waals surface area contributed by atoms with Gasteiger partial charge in [-0.3, -0.25) is 0 Å². The molecule has 0 spiro atoms. The fourth-order valence-electron chi connectivity index (χ4n) is 1.42. The minimum absolute atomic E-state index is 0.254. The number of fused-ring (bicyclic) bond motifs is 1. The highest BCUT2D eigenvalue weighted by molar-refractivity contribution is 7.78. The summed E-state index contributed by atoms with van der Waals surface area (Å²) in [6.45, 7) is 0. The second-order valence-electron chi connectivity index (χ2n) is 2.85. The number of nitrogens with zero attached hydrogens (tertiary/aromatic N) is 1. The van der Waals surface area contributed by atoms with Crippen molar-refractivity contribution in [2.24, 2.45) is 4.99 Å². The molecule has 0 aromatic heterocycles. The molecule has 0 unspecified atom stereocenters. The van der Waals surface area contributed by atoms with Crippen LogP contribution < -0.4 is 0 Å². The molecular formula is C11H7NOS. The maximum Gasteiger partial charge on any atom is 0.123 e. The normalized spacial score (nSPS) is 9.71. The average Bonchev–Trinajstić information content (AvgIpc) is 2.20. The van der Waals surface area contributed by atoms with Crippen LogP contribution in [0.3, 0.4) is 0 Å². The molecule has 0 fully saturated rings. The fraction of sp³-hybridized carbons (Fsp3) is 0. The van der Waals surface area contributed by atoms with Crippen LogP contribution >= 0.6 is 12.2 Å². The van der Waals surface area contributed by atoms with Gasteiger partial charge in [0.1, 0.15) is 5.75 Å². The summed E-state index contributed by atoms with van der Waals surface area (Å²) in [5, 5.41) is 13.6. The molecule has 0 atom stereocenters. The Hall–Kier alpha value is -1.70. The second-order valence-corrected chi connectivity index (χ2v) is 3.04. The topological polar surface area (TPSA) is 32.6 Å². The Morgan fingerprint density at radius 2 is 1.79 bits per heavy atom. The molecule has 2 rings (SSSR count). The van der Waals surface area contributed by atoms with Gasteiger partial charge in [-0.2, -0.15) is 4.99 Å². The summed E-state index contributed by atoms with van der Waals surface area (Å²) in [6.07, 6.45) is 0. The summed E-state index contributed by atoms with van der Waals surface area (Å²) in [6, 6.07) is 10.8. The van der Waals surface area contributed by atoms with Gasteiger partial charge in [-0.15, -0.1) is 0 Å². The maximum absolute atomic E-state index is 9.58. The van der Waals surface area contributed by atoms with E-state index in [1.807, 2.05) is 24.3 Å². The van der Waals surface area contributed by atoms with Crippen LogP contribution in [0.2, 0.25) is 0 Å². The number of isothiocyanates is 1. The zero-order valence-corrected chi connectivity index (χ0v) is 8.08. The first kappa shape index (κ1) is 8.88. The Morgan fingerprint density at radius 3 is 2.57 bits per heavy atom. The van der Waals surface area contributed by atoms with Crippen LogP contribution in [0.15, 0.2) is 41.4 Å². The zero-order valence-electron chi connectivity index (χ0n) is 7.27. The number of aliphatic imine (C=N–C) groups is 1. The van der Waals surface area contributed by atoms with Gasteiger partial charge in [0.15, 0.2) is 0 Å². The van der Waals surface area contributed by atoms with E-state index in [1.54, 1.807) is 12.1 Å². The van der Waals surface area contributed by atoms with E-state index in [1.165, 1.54) is 0 Å². The lowest BCUT2D eigenvalue weighted by Crippen LogP contribution is -1.74.